The molecule has 0 spiro atoms. The third-order valence-corrected chi connectivity index (χ3v) is 5.04. The molecule has 2 aromatic heterocycles. The summed E-state index contributed by atoms with van der Waals surface area (Å²) in [5, 5.41) is 0. The maximum Gasteiger partial charge on any atom is 0.257 e. The molecule has 1 saturated heterocycles. The van der Waals surface area contributed by atoms with Gasteiger partial charge in [0.05, 0.1) is 11.6 Å². The minimum Gasteiger partial charge on any atom is -0.332 e. The zero-order valence-electron chi connectivity index (χ0n) is 15.2. The number of hydrogen-bond donors (Lipinski definition) is 0. The van der Waals surface area contributed by atoms with Crippen LogP contribution in [0.5, 0.6) is 0 Å². The van der Waals surface area contributed by atoms with E-state index in [4.69, 9.17) is 0 Å². The molecule has 0 bridgehead atoms. The molecule has 1 aliphatic heterocycles. The average Bonchev–Trinajstić information content (AvgIpc) is 3.01. The molecule has 1 aromatic carbocycles. The molecule has 0 radical (unpaired) electrons. The Hall–Kier alpha value is -3.08. The molecule has 4 rings (SSSR count). The fraction of sp³-hybridized carbons (Fsp3) is 0.273. The first-order chi connectivity index (χ1) is 13.3. The highest BCUT2D eigenvalue weighted by molar-refractivity contribution is 5.94. The SMILES string of the molecule is O=C(c1cnc(-c2ccccc2)nc1)N1CCCCC[C@@H]1c1ccncc1. The number of hydrogen-bond acceptors (Lipinski definition) is 4. The lowest BCUT2D eigenvalue weighted by atomic mass is 10.0. The predicted molar refractivity (Wildman–Crippen MR) is 104 cm³/mol. The largest absolute Gasteiger partial charge is 0.332 e. The zero-order valence-corrected chi connectivity index (χ0v) is 15.2. The van der Waals surface area contributed by atoms with Gasteiger partial charge < -0.3 is 4.90 Å². The molecule has 1 amide bonds. The minimum atomic E-state index is -0.00155. The van der Waals surface area contributed by atoms with Crippen LogP contribution in [0.2, 0.25) is 0 Å². The first-order valence-electron chi connectivity index (χ1n) is 9.41. The molecular weight excluding hydrogens is 336 g/mol. The van der Waals surface area contributed by atoms with Gasteiger partial charge in [-0.15, -0.1) is 0 Å². The Labute approximate surface area is 159 Å². The molecule has 27 heavy (non-hydrogen) atoms. The first-order valence-corrected chi connectivity index (χ1v) is 9.41. The van der Waals surface area contributed by atoms with Gasteiger partial charge in [-0.3, -0.25) is 9.78 Å². The highest BCUT2D eigenvalue weighted by Crippen LogP contribution is 2.31. The number of carbonyl (C=O) groups is 1. The summed E-state index contributed by atoms with van der Waals surface area (Å²) in [5.74, 6) is 0.632. The van der Waals surface area contributed by atoms with E-state index in [1.807, 2.05) is 47.4 Å². The van der Waals surface area contributed by atoms with Crippen molar-refractivity contribution in [2.24, 2.45) is 0 Å². The number of aromatic nitrogens is 3. The molecular formula is C22H22N4O. The molecule has 3 aromatic rings. The fourth-order valence-electron chi connectivity index (χ4n) is 3.62. The van der Waals surface area contributed by atoms with E-state index in [1.54, 1.807) is 24.8 Å². The van der Waals surface area contributed by atoms with Crippen LogP contribution in [-0.4, -0.2) is 32.3 Å². The van der Waals surface area contributed by atoms with E-state index >= 15 is 0 Å². The van der Waals surface area contributed by atoms with Crippen LogP contribution in [0.3, 0.4) is 0 Å². The monoisotopic (exact) mass is 358 g/mol. The van der Waals surface area contributed by atoms with Gasteiger partial charge in [0.2, 0.25) is 0 Å². The number of rotatable bonds is 3. The second-order valence-corrected chi connectivity index (χ2v) is 6.81. The summed E-state index contributed by atoms with van der Waals surface area (Å²) in [6.45, 7) is 0.756. The number of carbonyl (C=O) groups excluding carboxylic acids is 1. The Morgan fingerprint density at radius 3 is 2.41 bits per heavy atom. The van der Waals surface area contributed by atoms with Crippen molar-refractivity contribution in [3.63, 3.8) is 0 Å². The predicted octanol–water partition coefficient (Wildman–Crippen LogP) is 4.30. The Bertz CT molecular complexity index is 881. The van der Waals surface area contributed by atoms with Crippen LogP contribution >= 0.6 is 0 Å². The molecule has 3 heterocycles. The first kappa shape index (κ1) is 17.3. The van der Waals surface area contributed by atoms with E-state index in [1.165, 1.54) is 0 Å². The Morgan fingerprint density at radius 2 is 1.67 bits per heavy atom. The van der Waals surface area contributed by atoms with Crippen molar-refractivity contribution >= 4 is 5.91 Å². The van der Waals surface area contributed by atoms with E-state index in [0.29, 0.717) is 11.4 Å². The van der Waals surface area contributed by atoms with E-state index in [0.717, 1.165) is 43.4 Å². The van der Waals surface area contributed by atoms with Crippen LogP contribution in [0.1, 0.15) is 47.6 Å². The molecule has 1 atom stereocenters. The van der Waals surface area contributed by atoms with Crippen molar-refractivity contribution in [3.8, 4) is 11.4 Å². The average molecular weight is 358 g/mol. The summed E-state index contributed by atoms with van der Waals surface area (Å²) in [7, 11) is 0. The van der Waals surface area contributed by atoms with Crippen molar-refractivity contribution in [3.05, 3.63) is 78.4 Å². The zero-order chi connectivity index (χ0) is 18.5. The van der Waals surface area contributed by atoms with Crippen molar-refractivity contribution in [2.45, 2.75) is 31.7 Å². The Morgan fingerprint density at radius 1 is 0.926 bits per heavy atom. The van der Waals surface area contributed by atoms with Crippen LogP contribution in [0.4, 0.5) is 0 Å². The highest BCUT2D eigenvalue weighted by Gasteiger charge is 2.28. The van der Waals surface area contributed by atoms with Crippen LogP contribution in [-0.2, 0) is 0 Å². The number of amides is 1. The lowest BCUT2D eigenvalue weighted by molar-refractivity contribution is 0.0680. The molecule has 0 saturated carbocycles. The van der Waals surface area contributed by atoms with Gasteiger partial charge in [-0.2, -0.15) is 0 Å². The second kappa shape index (κ2) is 8.08. The van der Waals surface area contributed by atoms with Gasteiger partial charge in [0.15, 0.2) is 5.82 Å². The minimum absolute atomic E-state index is 0.00155. The van der Waals surface area contributed by atoms with Gasteiger partial charge in [0, 0.05) is 36.9 Å². The topological polar surface area (TPSA) is 59.0 Å². The molecule has 1 fully saturated rings. The van der Waals surface area contributed by atoms with Crippen LogP contribution < -0.4 is 0 Å². The number of benzene rings is 1. The number of pyridine rings is 1. The highest BCUT2D eigenvalue weighted by atomic mass is 16.2. The summed E-state index contributed by atoms with van der Waals surface area (Å²) in [5.41, 5.74) is 2.62. The van der Waals surface area contributed by atoms with E-state index in [-0.39, 0.29) is 11.9 Å². The van der Waals surface area contributed by atoms with Gasteiger partial charge in [-0.1, -0.05) is 43.2 Å². The third kappa shape index (κ3) is 3.87. The Balaban J connectivity index is 1.59. The van der Waals surface area contributed by atoms with Gasteiger partial charge in [0.25, 0.3) is 5.91 Å². The molecule has 0 unspecified atom stereocenters. The summed E-state index contributed by atoms with van der Waals surface area (Å²) in [6.07, 6.45) is 11.1. The fourth-order valence-corrected chi connectivity index (χ4v) is 3.62. The van der Waals surface area contributed by atoms with Crippen molar-refractivity contribution in [2.75, 3.05) is 6.54 Å². The molecule has 136 valence electrons. The molecule has 0 N–H and O–H groups in total. The molecule has 0 aliphatic carbocycles. The van der Waals surface area contributed by atoms with Crippen LogP contribution in [0.15, 0.2) is 67.3 Å². The van der Waals surface area contributed by atoms with Crippen LogP contribution in [0, 0.1) is 0 Å². The summed E-state index contributed by atoms with van der Waals surface area (Å²) >= 11 is 0. The normalized spacial score (nSPS) is 17.3. The summed E-state index contributed by atoms with van der Waals surface area (Å²) in [4.78, 5) is 28.1. The van der Waals surface area contributed by atoms with Crippen molar-refractivity contribution in [1.82, 2.24) is 19.9 Å². The molecule has 1 aliphatic rings. The van der Waals surface area contributed by atoms with E-state index in [9.17, 15) is 4.79 Å². The number of likely N-dealkylation sites (tertiary alicyclic amines) is 1. The van der Waals surface area contributed by atoms with Crippen molar-refractivity contribution in [1.29, 1.82) is 0 Å². The van der Waals surface area contributed by atoms with E-state index < -0.39 is 0 Å². The van der Waals surface area contributed by atoms with Crippen molar-refractivity contribution < 1.29 is 4.79 Å². The number of nitrogens with zero attached hydrogens (tertiary/aromatic N) is 4. The third-order valence-electron chi connectivity index (χ3n) is 5.04. The van der Waals surface area contributed by atoms with E-state index in [2.05, 4.69) is 15.0 Å². The summed E-state index contributed by atoms with van der Waals surface area (Å²) in [6, 6.07) is 13.9. The molecule has 5 heteroatoms. The van der Waals surface area contributed by atoms with Gasteiger partial charge in [-0.05, 0) is 30.5 Å². The quantitative estimate of drug-likeness (QED) is 0.700. The van der Waals surface area contributed by atoms with Gasteiger partial charge >= 0.3 is 0 Å². The van der Waals surface area contributed by atoms with Gasteiger partial charge in [-0.25, -0.2) is 9.97 Å². The van der Waals surface area contributed by atoms with Crippen LogP contribution in [0.25, 0.3) is 11.4 Å². The lowest BCUT2D eigenvalue weighted by Crippen LogP contribution is -2.35. The second-order valence-electron chi connectivity index (χ2n) is 6.81. The standard InChI is InChI=1S/C22H22N4O/c27-22(19-15-24-21(25-16-19)18-7-3-1-4-8-18)26-14-6-2-5-9-20(26)17-10-12-23-13-11-17/h1,3-4,7-8,10-13,15-16,20H,2,5-6,9,14H2/t20-/m1/s1. The maximum absolute atomic E-state index is 13.2. The molecule has 5 nitrogen and oxygen atoms in total. The lowest BCUT2D eigenvalue weighted by Gasteiger charge is -2.30. The van der Waals surface area contributed by atoms with Gasteiger partial charge in [0.1, 0.15) is 0 Å². The smallest absolute Gasteiger partial charge is 0.257 e. The summed E-state index contributed by atoms with van der Waals surface area (Å²) < 4.78 is 0. The Kier molecular flexibility index (Phi) is 5.19. The maximum atomic E-state index is 13.2.